The second-order valence-electron chi connectivity index (χ2n) is 11.7. The molecule has 0 bridgehead atoms. The Morgan fingerprint density at radius 1 is 1.13 bits per heavy atom. The minimum atomic E-state index is -1.01. The van der Waals surface area contributed by atoms with Gasteiger partial charge in [-0.15, -0.1) is 0 Å². The number of aromatic carboxylic acids is 1. The zero-order valence-electron chi connectivity index (χ0n) is 24.9. The van der Waals surface area contributed by atoms with E-state index in [1.807, 2.05) is 18.2 Å². The van der Waals surface area contributed by atoms with E-state index in [-0.39, 0.29) is 29.9 Å². The van der Waals surface area contributed by atoms with Crippen molar-refractivity contribution in [2.24, 2.45) is 0 Å². The predicted molar refractivity (Wildman–Crippen MR) is 162 cm³/mol. The number of aromatic nitrogens is 3. The van der Waals surface area contributed by atoms with Crippen molar-refractivity contribution in [3.63, 3.8) is 0 Å². The molecular weight excluding hydrogens is 579 g/mol. The Morgan fingerprint density at radius 3 is 2.67 bits per heavy atom. The van der Waals surface area contributed by atoms with Crippen LogP contribution in [0.4, 0.5) is 10.2 Å². The number of carbonyl (C=O) groups is 1. The lowest BCUT2D eigenvalue weighted by atomic mass is 9.81. The van der Waals surface area contributed by atoms with Gasteiger partial charge in [-0.25, -0.2) is 14.2 Å². The van der Waals surface area contributed by atoms with Crippen LogP contribution in [0.15, 0.2) is 48.5 Å². The van der Waals surface area contributed by atoms with E-state index in [1.54, 1.807) is 24.3 Å². The maximum atomic E-state index is 14.4. The van der Waals surface area contributed by atoms with Gasteiger partial charge < -0.3 is 28.8 Å². The van der Waals surface area contributed by atoms with Gasteiger partial charge in [0.25, 0.3) is 0 Å². The maximum Gasteiger partial charge on any atom is 0.335 e. The summed E-state index contributed by atoms with van der Waals surface area (Å²) in [6.45, 7) is 3.53. The molecule has 11 nitrogen and oxygen atoms in total. The van der Waals surface area contributed by atoms with Crippen LogP contribution in [-0.4, -0.2) is 75.5 Å². The van der Waals surface area contributed by atoms with Crippen molar-refractivity contribution in [2.75, 3.05) is 31.7 Å². The molecule has 0 radical (unpaired) electrons. The molecule has 2 aliphatic heterocycles. The first-order chi connectivity index (χ1) is 21.9. The molecule has 3 atom stereocenters. The molecule has 2 saturated heterocycles. The average Bonchev–Trinajstić information content (AvgIpc) is 3.35. The SMILES string of the molecule is COc1cc(C(=O)O)cc2c1nc(CN1CCN(c3cccc(OCc4ccc(C#N)cc4F)n3)[C@@H]3CC[C@H]31)n2C[C@@H]1CCO1. The lowest BCUT2D eigenvalue weighted by molar-refractivity contribution is -0.0594. The van der Waals surface area contributed by atoms with Gasteiger partial charge in [0.1, 0.15) is 35.3 Å². The third-order valence-electron chi connectivity index (χ3n) is 9.15. The molecule has 2 aromatic carbocycles. The highest BCUT2D eigenvalue weighted by atomic mass is 19.1. The Bertz CT molecular complexity index is 1800. The highest BCUT2D eigenvalue weighted by molar-refractivity contribution is 5.95. The molecule has 1 saturated carbocycles. The lowest BCUT2D eigenvalue weighted by Gasteiger charge is -2.54. The topological polar surface area (TPSA) is 126 Å². The summed E-state index contributed by atoms with van der Waals surface area (Å²) < 4.78 is 33.6. The summed E-state index contributed by atoms with van der Waals surface area (Å²) in [7, 11) is 1.53. The normalized spacial score (nSPS) is 21.0. The Hall–Kier alpha value is -4.73. The fourth-order valence-corrected chi connectivity index (χ4v) is 6.49. The number of carboxylic acids is 1. The molecule has 4 aromatic rings. The number of carboxylic acid groups (broad SMARTS) is 1. The molecule has 12 heteroatoms. The van der Waals surface area contributed by atoms with Crippen LogP contribution in [0.3, 0.4) is 0 Å². The van der Waals surface area contributed by atoms with Gasteiger partial charge in [0, 0.05) is 43.4 Å². The van der Waals surface area contributed by atoms with Gasteiger partial charge in [-0.3, -0.25) is 4.90 Å². The van der Waals surface area contributed by atoms with Crippen LogP contribution in [0.25, 0.3) is 11.0 Å². The van der Waals surface area contributed by atoms with Crippen LogP contribution in [0, 0.1) is 17.1 Å². The Kier molecular flexibility index (Phi) is 7.73. The minimum Gasteiger partial charge on any atom is -0.494 e. The molecule has 3 aliphatic rings. The number of pyridine rings is 1. The molecule has 7 rings (SSSR count). The van der Waals surface area contributed by atoms with Gasteiger partial charge >= 0.3 is 5.97 Å². The zero-order valence-corrected chi connectivity index (χ0v) is 24.9. The summed E-state index contributed by atoms with van der Waals surface area (Å²) >= 11 is 0. The van der Waals surface area contributed by atoms with Gasteiger partial charge in [0.2, 0.25) is 5.88 Å². The summed E-state index contributed by atoms with van der Waals surface area (Å²) in [6.07, 6.45) is 3.11. The highest BCUT2D eigenvalue weighted by Crippen LogP contribution is 2.38. The van der Waals surface area contributed by atoms with E-state index in [9.17, 15) is 14.3 Å². The fourth-order valence-electron chi connectivity index (χ4n) is 6.49. The number of benzene rings is 2. The second kappa shape index (κ2) is 12.0. The van der Waals surface area contributed by atoms with Crippen LogP contribution < -0.4 is 14.4 Å². The number of nitrogens with zero attached hydrogens (tertiary/aromatic N) is 6. The second-order valence-corrected chi connectivity index (χ2v) is 11.7. The summed E-state index contributed by atoms with van der Waals surface area (Å²) in [4.78, 5) is 26.4. The molecule has 0 amide bonds. The molecular formula is C33H33FN6O5. The molecule has 0 spiro atoms. The quantitative estimate of drug-likeness (QED) is 0.276. The number of anilines is 1. The smallest absolute Gasteiger partial charge is 0.335 e. The fraction of sp³-hybridized carbons (Fsp3) is 0.394. The number of hydrogen-bond acceptors (Lipinski definition) is 9. The third-order valence-corrected chi connectivity index (χ3v) is 9.15. The van der Waals surface area contributed by atoms with Gasteiger partial charge in [-0.1, -0.05) is 12.1 Å². The van der Waals surface area contributed by atoms with Crippen LogP contribution >= 0.6 is 0 Å². The third kappa shape index (κ3) is 5.54. The number of rotatable bonds is 10. The first-order valence-corrected chi connectivity index (χ1v) is 15.1. The number of ether oxygens (including phenoxy) is 3. The molecule has 1 aliphatic carbocycles. The summed E-state index contributed by atoms with van der Waals surface area (Å²) in [5, 5.41) is 18.7. The van der Waals surface area contributed by atoms with E-state index in [4.69, 9.17) is 29.4 Å². The summed E-state index contributed by atoms with van der Waals surface area (Å²) in [5.41, 5.74) is 2.18. The van der Waals surface area contributed by atoms with Crippen molar-refractivity contribution in [3.05, 3.63) is 76.9 Å². The minimum absolute atomic E-state index is 0.0134. The Morgan fingerprint density at radius 2 is 1.98 bits per heavy atom. The van der Waals surface area contributed by atoms with Crippen molar-refractivity contribution in [1.29, 1.82) is 5.26 Å². The lowest BCUT2D eigenvalue weighted by Crippen LogP contribution is -2.64. The van der Waals surface area contributed by atoms with Crippen molar-refractivity contribution in [2.45, 2.75) is 57.1 Å². The van der Waals surface area contributed by atoms with Crippen LogP contribution in [0.1, 0.15) is 46.6 Å². The molecule has 3 fully saturated rings. The van der Waals surface area contributed by atoms with Crippen molar-refractivity contribution in [3.8, 4) is 17.7 Å². The number of methoxy groups -OCH3 is 1. The van der Waals surface area contributed by atoms with Crippen molar-refractivity contribution < 1.29 is 28.5 Å². The van der Waals surface area contributed by atoms with Gasteiger partial charge in [-0.05, 0) is 49.6 Å². The van der Waals surface area contributed by atoms with E-state index in [0.29, 0.717) is 41.8 Å². The summed E-state index contributed by atoms with van der Waals surface area (Å²) in [5.74, 6) is 1.05. The molecule has 0 unspecified atom stereocenters. The number of imidazole rings is 1. The van der Waals surface area contributed by atoms with Crippen molar-refractivity contribution in [1.82, 2.24) is 19.4 Å². The average molecular weight is 613 g/mol. The Labute approximate surface area is 259 Å². The monoisotopic (exact) mass is 612 g/mol. The van der Waals surface area contributed by atoms with Gasteiger partial charge in [0.05, 0.1) is 49.0 Å². The van der Waals surface area contributed by atoms with Gasteiger partial charge in [0.15, 0.2) is 0 Å². The van der Waals surface area contributed by atoms with Crippen molar-refractivity contribution >= 4 is 22.8 Å². The zero-order chi connectivity index (χ0) is 31.1. The number of hydrogen-bond donors (Lipinski definition) is 1. The number of fused-ring (bicyclic) bond motifs is 2. The molecule has 4 heterocycles. The molecule has 232 valence electrons. The Balaban J connectivity index is 1.09. The highest BCUT2D eigenvalue weighted by Gasteiger charge is 2.44. The maximum absolute atomic E-state index is 14.4. The van der Waals surface area contributed by atoms with E-state index in [2.05, 4.69) is 14.4 Å². The first-order valence-electron chi connectivity index (χ1n) is 15.1. The largest absolute Gasteiger partial charge is 0.494 e. The van der Waals surface area contributed by atoms with E-state index in [1.165, 1.54) is 19.2 Å². The first kappa shape index (κ1) is 29.0. The number of nitriles is 1. The molecule has 1 N–H and O–H groups in total. The molecule has 45 heavy (non-hydrogen) atoms. The van der Waals surface area contributed by atoms with E-state index in [0.717, 1.165) is 56.1 Å². The summed E-state index contributed by atoms with van der Waals surface area (Å²) in [6, 6.07) is 15.7. The van der Waals surface area contributed by atoms with E-state index >= 15 is 0 Å². The standard InChI is InChI=1S/C33H33FN6O5/c1-43-28-15-22(33(41)42)14-27-32(28)37-30(40(27)17-23-9-12-44-23)18-38-10-11-39(26-8-7-25(26)38)29-3-2-4-31(36-29)45-19-21-6-5-20(16-35)13-24(21)34/h2-6,13-15,23,25-26H,7-12,17-19H2,1H3,(H,41,42)/t23-,25+,26+/m0/s1. The number of halogens is 1. The predicted octanol–water partition coefficient (Wildman–Crippen LogP) is 4.37. The number of piperazine rings is 1. The van der Waals surface area contributed by atoms with E-state index < -0.39 is 11.8 Å². The van der Waals surface area contributed by atoms with Gasteiger partial charge in [-0.2, -0.15) is 10.2 Å². The van der Waals surface area contributed by atoms with Crippen LogP contribution in [-0.2, 0) is 24.4 Å². The van der Waals surface area contributed by atoms with Crippen LogP contribution in [0.5, 0.6) is 11.6 Å². The molecule has 2 aromatic heterocycles. The van der Waals surface area contributed by atoms with Crippen LogP contribution in [0.2, 0.25) is 0 Å².